The van der Waals surface area contributed by atoms with Gasteiger partial charge in [0.25, 0.3) is 5.91 Å². The van der Waals surface area contributed by atoms with Crippen molar-refractivity contribution >= 4 is 23.2 Å². The molecule has 1 aliphatic heterocycles. The molecule has 3 N–H and O–H groups in total. The number of nitrogens with zero attached hydrogens (tertiary/aromatic N) is 1. The van der Waals surface area contributed by atoms with E-state index in [0.717, 1.165) is 17.9 Å². The fourth-order valence-corrected chi connectivity index (χ4v) is 3.35. The standard InChI is InChI=1S/C18H20ClN3O2/c19-14-3-1-2-13(10-14)18(5-8-24-9-6-18)12-22-16-4-7-21-11-15(16)17(20)23/h1-4,7,10-11H,5-6,8-9,12H2,(H2,20,23)(H,21,22). The Hall–Kier alpha value is -2.11. The van der Waals surface area contributed by atoms with Crippen LogP contribution in [0.3, 0.4) is 0 Å². The Morgan fingerprint density at radius 3 is 2.83 bits per heavy atom. The molecule has 1 saturated heterocycles. The van der Waals surface area contributed by atoms with Crippen molar-refractivity contribution in [2.75, 3.05) is 25.1 Å². The van der Waals surface area contributed by atoms with Crippen LogP contribution < -0.4 is 11.1 Å². The van der Waals surface area contributed by atoms with Gasteiger partial charge < -0.3 is 15.8 Å². The number of aromatic nitrogens is 1. The highest BCUT2D eigenvalue weighted by molar-refractivity contribution is 6.30. The van der Waals surface area contributed by atoms with Crippen molar-refractivity contribution in [1.82, 2.24) is 4.98 Å². The maximum absolute atomic E-state index is 11.6. The van der Waals surface area contributed by atoms with Gasteiger partial charge >= 0.3 is 0 Å². The lowest BCUT2D eigenvalue weighted by atomic mass is 9.74. The van der Waals surface area contributed by atoms with Gasteiger partial charge in [-0.25, -0.2) is 0 Å². The highest BCUT2D eigenvalue weighted by atomic mass is 35.5. The van der Waals surface area contributed by atoms with Crippen molar-refractivity contribution in [1.29, 1.82) is 0 Å². The number of primary amides is 1. The first-order valence-corrected chi connectivity index (χ1v) is 8.30. The van der Waals surface area contributed by atoms with E-state index < -0.39 is 5.91 Å². The minimum absolute atomic E-state index is 0.0959. The van der Waals surface area contributed by atoms with Crippen LogP contribution in [0.1, 0.15) is 28.8 Å². The number of ether oxygens (including phenoxy) is 1. The second kappa shape index (κ2) is 7.20. The average Bonchev–Trinajstić information content (AvgIpc) is 2.61. The maximum Gasteiger partial charge on any atom is 0.252 e. The number of benzene rings is 1. The fraction of sp³-hybridized carbons (Fsp3) is 0.333. The Kier molecular flexibility index (Phi) is 5.02. The van der Waals surface area contributed by atoms with E-state index in [9.17, 15) is 4.79 Å². The predicted molar refractivity (Wildman–Crippen MR) is 94.4 cm³/mol. The molecule has 5 nitrogen and oxygen atoms in total. The summed E-state index contributed by atoms with van der Waals surface area (Å²) in [5.41, 5.74) is 7.61. The van der Waals surface area contributed by atoms with Crippen molar-refractivity contribution in [3.8, 4) is 0 Å². The molecule has 126 valence electrons. The van der Waals surface area contributed by atoms with E-state index in [1.54, 1.807) is 12.3 Å². The van der Waals surface area contributed by atoms with E-state index in [1.165, 1.54) is 11.8 Å². The minimum Gasteiger partial charge on any atom is -0.383 e. The van der Waals surface area contributed by atoms with Crippen molar-refractivity contribution in [2.24, 2.45) is 5.73 Å². The highest BCUT2D eigenvalue weighted by Gasteiger charge is 2.34. The Morgan fingerprint density at radius 2 is 2.12 bits per heavy atom. The van der Waals surface area contributed by atoms with Crippen LogP contribution in [0.25, 0.3) is 0 Å². The van der Waals surface area contributed by atoms with Gasteiger partial charge in [-0.15, -0.1) is 0 Å². The van der Waals surface area contributed by atoms with Gasteiger partial charge in [0.2, 0.25) is 0 Å². The van der Waals surface area contributed by atoms with E-state index in [0.29, 0.717) is 31.0 Å². The maximum atomic E-state index is 11.6. The number of hydrogen-bond acceptors (Lipinski definition) is 4. The van der Waals surface area contributed by atoms with Gasteiger partial charge in [-0.05, 0) is 36.6 Å². The third-order valence-corrected chi connectivity index (χ3v) is 4.83. The third-order valence-electron chi connectivity index (χ3n) is 4.59. The van der Waals surface area contributed by atoms with Gasteiger partial charge in [-0.1, -0.05) is 23.7 Å². The zero-order valence-corrected chi connectivity index (χ0v) is 14.1. The molecule has 2 heterocycles. The summed E-state index contributed by atoms with van der Waals surface area (Å²) in [6.07, 6.45) is 4.90. The molecule has 0 unspecified atom stereocenters. The molecule has 0 aliphatic carbocycles. The van der Waals surface area contributed by atoms with Gasteiger partial charge in [0.15, 0.2) is 0 Å². The van der Waals surface area contributed by atoms with E-state index in [4.69, 9.17) is 22.1 Å². The zero-order valence-electron chi connectivity index (χ0n) is 13.3. The normalized spacial score (nSPS) is 16.5. The molecule has 0 radical (unpaired) electrons. The summed E-state index contributed by atoms with van der Waals surface area (Å²) in [4.78, 5) is 15.5. The SMILES string of the molecule is NC(=O)c1cnccc1NCC1(c2cccc(Cl)c2)CCOCC1. The fourth-order valence-electron chi connectivity index (χ4n) is 3.16. The molecule has 0 spiro atoms. The molecule has 1 aromatic heterocycles. The first-order chi connectivity index (χ1) is 11.6. The monoisotopic (exact) mass is 345 g/mol. The van der Waals surface area contributed by atoms with Crippen molar-refractivity contribution < 1.29 is 9.53 Å². The van der Waals surface area contributed by atoms with E-state index in [-0.39, 0.29) is 5.41 Å². The molecule has 0 saturated carbocycles. The average molecular weight is 346 g/mol. The number of hydrogen-bond donors (Lipinski definition) is 2. The van der Waals surface area contributed by atoms with Crippen LogP contribution in [-0.4, -0.2) is 30.6 Å². The molecule has 1 amide bonds. The first-order valence-electron chi connectivity index (χ1n) is 7.92. The summed E-state index contributed by atoms with van der Waals surface area (Å²) in [6.45, 7) is 2.07. The molecule has 24 heavy (non-hydrogen) atoms. The van der Waals surface area contributed by atoms with Gasteiger partial charge in [-0.3, -0.25) is 9.78 Å². The molecule has 0 atom stereocenters. The summed E-state index contributed by atoms with van der Waals surface area (Å²) in [5, 5.41) is 4.11. The molecule has 1 aromatic carbocycles. The van der Waals surface area contributed by atoms with Crippen LogP contribution in [0, 0.1) is 0 Å². The summed E-state index contributed by atoms with van der Waals surface area (Å²) in [5.74, 6) is -0.491. The number of nitrogens with two attached hydrogens (primary N) is 1. The lowest BCUT2D eigenvalue weighted by molar-refractivity contribution is 0.0544. The van der Waals surface area contributed by atoms with Crippen LogP contribution in [0.5, 0.6) is 0 Å². The summed E-state index contributed by atoms with van der Waals surface area (Å²) >= 11 is 6.19. The summed E-state index contributed by atoms with van der Waals surface area (Å²) in [6, 6.07) is 9.72. The van der Waals surface area contributed by atoms with E-state index in [2.05, 4.69) is 16.4 Å². The number of carbonyl (C=O) groups is 1. The molecular formula is C18H20ClN3O2. The van der Waals surface area contributed by atoms with E-state index >= 15 is 0 Å². The third kappa shape index (κ3) is 3.52. The number of amides is 1. The van der Waals surface area contributed by atoms with Crippen LogP contribution in [0.4, 0.5) is 5.69 Å². The molecule has 0 bridgehead atoms. The van der Waals surface area contributed by atoms with Gasteiger partial charge in [0.1, 0.15) is 0 Å². The Morgan fingerprint density at radius 1 is 1.33 bits per heavy atom. The second-order valence-corrected chi connectivity index (χ2v) is 6.48. The Balaban J connectivity index is 1.87. The lowest BCUT2D eigenvalue weighted by Crippen LogP contribution is -2.40. The minimum atomic E-state index is -0.491. The number of pyridine rings is 1. The lowest BCUT2D eigenvalue weighted by Gasteiger charge is -2.38. The van der Waals surface area contributed by atoms with Crippen LogP contribution in [0.2, 0.25) is 5.02 Å². The van der Waals surface area contributed by atoms with E-state index in [1.807, 2.05) is 18.2 Å². The molecule has 3 rings (SSSR count). The predicted octanol–water partition coefficient (Wildman–Crippen LogP) is 2.99. The van der Waals surface area contributed by atoms with Crippen molar-refractivity contribution in [3.05, 3.63) is 58.9 Å². The first kappa shape index (κ1) is 16.7. The van der Waals surface area contributed by atoms with Crippen molar-refractivity contribution in [3.63, 3.8) is 0 Å². The number of carbonyl (C=O) groups excluding carboxylic acids is 1. The van der Waals surface area contributed by atoms with Crippen LogP contribution >= 0.6 is 11.6 Å². The largest absolute Gasteiger partial charge is 0.383 e. The van der Waals surface area contributed by atoms with Gasteiger partial charge in [0, 0.05) is 42.6 Å². The number of nitrogens with one attached hydrogen (secondary N) is 1. The molecule has 1 aliphatic rings. The number of halogens is 1. The van der Waals surface area contributed by atoms with Crippen molar-refractivity contribution in [2.45, 2.75) is 18.3 Å². The summed E-state index contributed by atoms with van der Waals surface area (Å²) < 4.78 is 5.55. The molecule has 6 heteroatoms. The Bertz CT molecular complexity index is 730. The zero-order chi connectivity index (χ0) is 17.0. The summed E-state index contributed by atoms with van der Waals surface area (Å²) in [7, 11) is 0. The topological polar surface area (TPSA) is 77.2 Å². The molecule has 2 aromatic rings. The molecular weight excluding hydrogens is 326 g/mol. The van der Waals surface area contributed by atoms with Gasteiger partial charge in [-0.2, -0.15) is 0 Å². The second-order valence-electron chi connectivity index (χ2n) is 6.04. The quantitative estimate of drug-likeness (QED) is 0.873. The van der Waals surface area contributed by atoms with Crippen LogP contribution in [0.15, 0.2) is 42.7 Å². The highest BCUT2D eigenvalue weighted by Crippen LogP contribution is 2.36. The van der Waals surface area contributed by atoms with Crippen LogP contribution in [-0.2, 0) is 10.2 Å². The number of anilines is 1. The Labute approximate surface area is 146 Å². The number of rotatable bonds is 5. The van der Waals surface area contributed by atoms with Gasteiger partial charge in [0.05, 0.1) is 11.3 Å². The molecule has 1 fully saturated rings. The smallest absolute Gasteiger partial charge is 0.252 e.